The summed E-state index contributed by atoms with van der Waals surface area (Å²) in [6.07, 6.45) is 3.07. The van der Waals surface area contributed by atoms with Gasteiger partial charge in [0.05, 0.1) is 12.9 Å². The van der Waals surface area contributed by atoms with Crippen LogP contribution in [0.3, 0.4) is 0 Å². The highest BCUT2D eigenvalue weighted by Gasteiger charge is 2.34. The minimum atomic E-state index is -3.47. The quantitative estimate of drug-likeness (QED) is 0.710. The molecule has 0 aliphatic carbocycles. The van der Waals surface area contributed by atoms with E-state index in [4.69, 9.17) is 4.74 Å². The molecule has 1 unspecified atom stereocenters. The molecule has 1 amide bonds. The Hall–Kier alpha value is -1.52. The van der Waals surface area contributed by atoms with Gasteiger partial charge < -0.3 is 9.30 Å². The van der Waals surface area contributed by atoms with Crippen LogP contribution >= 0.6 is 11.3 Å². The number of hydrogen-bond acceptors (Lipinski definition) is 6. The number of nitrogens with zero attached hydrogens (tertiary/aromatic N) is 3. The molecule has 0 spiro atoms. The second-order valence-corrected chi connectivity index (χ2v) is 8.83. The van der Waals surface area contributed by atoms with Crippen molar-refractivity contribution in [1.82, 2.24) is 8.87 Å². The number of carbonyl (C=O) groups is 2. The lowest BCUT2D eigenvalue weighted by Gasteiger charge is -2.31. The molecule has 0 N–H and O–H groups in total. The van der Waals surface area contributed by atoms with Crippen LogP contribution in [0.4, 0.5) is 0 Å². The van der Waals surface area contributed by atoms with Gasteiger partial charge in [-0.2, -0.15) is 9.30 Å². The summed E-state index contributed by atoms with van der Waals surface area (Å²) in [7, 11) is -1.77. The fourth-order valence-corrected chi connectivity index (χ4v) is 4.87. The molecule has 1 aromatic heterocycles. The third-order valence-electron chi connectivity index (χ3n) is 4.14. The number of rotatable bonds is 4. The summed E-state index contributed by atoms with van der Waals surface area (Å²) < 4.78 is 31.7. The molecule has 140 valence electrons. The summed E-state index contributed by atoms with van der Waals surface area (Å²) in [6, 6.07) is -0.780. The van der Waals surface area contributed by atoms with Gasteiger partial charge in [0.15, 0.2) is 4.80 Å². The topological polar surface area (TPSA) is 98.0 Å². The Morgan fingerprint density at radius 1 is 1.36 bits per heavy atom. The lowest BCUT2D eigenvalue weighted by Crippen LogP contribution is -2.47. The van der Waals surface area contributed by atoms with Crippen molar-refractivity contribution in [3.63, 3.8) is 0 Å². The Labute approximate surface area is 151 Å². The molecule has 25 heavy (non-hydrogen) atoms. The monoisotopic (exact) mass is 389 g/mol. The standard InChI is InChI=1S/C15H23N3O5S2/c1-5-23-14(20)12-10(2)17(3)15(24-12)16-13(19)11-8-6-7-9-18(11)25(4,21)22/h11H,5-9H2,1-4H3. The van der Waals surface area contributed by atoms with Crippen LogP contribution in [0.15, 0.2) is 4.99 Å². The Kier molecular flexibility index (Phi) is 6.17. The van der Waals surface area contributed by atoms with Crippen LogP contribution in [0.5, 0.6) is 0 Å². The molecule has 1 aromatic rings. The van der Waals surface area contributed by atoms with E-state index in [1.54, 1.807) is 25.5 Å². The second kappa shape index (κ2) is 7.79. The normalized spacial score (nSPS) is 19.8. The maximum absolute atomic E-state index is 12.6. The molecule has 0 aromatic carbocycles. The van der Waals surface area contributed by atoms with Gasteiger partial charge in [0.25, 0.3) is 5.91 Å². The van der Waals surface area contributed by atoms with Crippen molar-refractivity contribution in [3.8, 4) is 0 Å². The third kappa shape index (κ3) is 4.36. The lowest BCUT2D eigenvalue weighted by molar-refractivity contribution is -0.122. The van der Waals surface area contributed by atoms with E-state index < -0.39 is 27.9 Å². The summed E-state index contributed by atoms with van der Waals surface area (Å²) >= 11 is 1.07. The van der Waals surface area contributed by atoms with Crippen molar-refractivity contribution in [1.29, 1.82) is 0 Å². The summed E-state index contributed by atoms with van der Waals surface area (Å²) in [5, 5.41) is 0. The zero-order valence-electron chi connectivity index (χ0n) is 14.8. The summed E-state index contributed by atoms with van der Waals surface area (Å²) in [6.45, 7) is 4.05. The second-order valence-electron chi connectivity index (χ2n) is 5.91. The smallest absolute Gasteiger partial charge is 0.350 e. The minimum Gasteiger partial charge on any atom is -0.462 e. The SMILES string of the molecule is CCOC(=O)c1sc(=NC(=O)C2CCCCN2S(C)(=O)=O)n(C)c1C. The summed E-state index contributed by atoms with van der Waals surface area (Å²) in [5.41, 5.74) is 0.651. The molecule has 1 atom stereocenters. The van der Waals surface area contributed by atoms with Crippen molar-refractivity contribution >= 4 is 33.2 Å². The van der Waals surface area contributed by atoms with Gasteiger partial charge in [-0.1, -0.05) is 17.8 Å². The lowest BCUT2D eigenvalue weighted by atomic mass is 10.0. The molecule has 1 fully saturated rings. The van der Waals surface area contributed by atoms with Crippen LogP contribution < -0.4 is 4.80 Å². The van der Waals surface area contributed by atoms with Gasteiger partial charge in [0.2, 0.25) is 10.0 Å². The fraction of sp³-hybridized carbons (Fsp3) is 0.667. The van der Waals surface area contributed by atoms with Gasteiger partial charge >= 0.3 is 5.97 Å². The average molecular weight is 389 g/mol. The number of ether oxygens (including phenoxy) is 1. The molecule has 8 nitrogen and oxygen atoms in total. The Morgan fingerprint density at radius 3 is 2.64 bits per heavy atom. The van der Waals surface area contributed by atoms with Crippen LogP contribution in [0.1, 0.15) is 41.6 Å². The Bertz CT molecular complexity index is 838. The van der Waals surface area contributed by atoms with Crippen LogP contribution in [0, 0.1) is 6.92 Å². The van der Waals surface area contributed by atoms with E-state index in [1.807, 2.05) is 0 Å². The third-order valence-corrected chi connectivity index (χ3v) is 6.65. The number of hydrogen-bond donors (Lipinski definition) is 0. The molecule has 10 heteroatoms. The molecule has 1 saturated heterocycles. The molecule has 0 radical (unpaired) electrons. The van der Waals surface area contributed by atoms with Gasteiger partial charge in [-0.3, -0.25) is 4.79 Å². The van der Waals surface area contributed by atoms with E-state index in [1.165, 1.54) is 4.31 Å². The van der Waals surface area contributed by atoms with Gasteiger partial charge in [0, 0.05) is 19.3 Å². The number of amides is 1. The van der Waals surface area contributed by atoms with Gasteiger partial charge in [-0.25, -0.2) is 13.2 Å². The fourth-order valence-electron chi connectivity index (χ4n) is 2.73. The van der Waals surface area contributed by atoms with Crippen molar-refractivity contribution in [3.05, 3.63) is 15.4 Å². The van der Waals surface area contributed by atoms with Crippen LogP contribution in [0.25, 0.3) is 0 Å². The molecule has 0 saturated carbocycles. The van der Waals surface area contributed by atoms with E-state index >= 15 is 0 Å². The Morgan fingerprint density at radius 2 is 2.04 bits per heavy atom. The van der Waals surface area contributed by atoms with E-state index in [-0.39, 0.29) is 6.61 Å². The number of aromatic nitrogens is 1. The number of piperidine rings is 1. The predicted octanol–water partition coefficient (Wildman–Crippen LogP) is 0.813. The maximum Gasteiger partial charge on any atom is 0.350 e. The zero-order valence-corrected chi connectivity index (χ0v) is 16.4. The maximum atomic E-state index is 12.6. The number of sulfonamides is 1. The van der Waals surface area contributed by atoms with Gasteiger partial charge in [-0.05, 0) is 26.7 Å². The van der Waals surface area contributed by atoms with E-state index in [0.29, 0.717) is 28.3 Å². The average Bonchev–Trinajstić information content (AvgIpc) is 2.83. The van der Waals surface area contributed by atoms with Crippen molar-refractivity contribution in [2.24, 2.45) is 12.0 Å². The number of thiazole rings is 1. The minimum absolute atomic E-state index is 0.261. The van der Waals surface area contributed by atoms with Crippen molar-refractivity contribution in [2.45, 2.75) is 39.2 Å². The number of carbonyl (C=O) groups excluding carboxylic acids is 2. The van der Waals surface area contributed by atoms with Crippen molar-refractivity contribution < 1.29 is 22.7 Å². The predicted molar refractivity (Wildman–Crippen MR) is 93.7 cm³/mol. The van der Waals surface area contributed by atoms with Crippen LogP contribution in [0.2, 0.25) is 0 Å². The first-order valence-corrected chi connectivity index (χ1v) is 10.7. The first kappa shape index (κ1) is 19.8. The molecule has 2 heterocycles. The van der Waals surface area contributed by atoms with E-state index in [0.717, 1.165) is 30.4 Å². The first-order chi connectivity index (χ1) is 11.7. The molecular formula is C15H23N3O5S2. The molecule has 2 rings (SSSR count). The molecule has 1 aliphatic heterocycles. The first-order valence-electron chi connectivity index (χ1n) is 8.05. The zero-order chi connectivity index (χ0) is 18.8. The van der Waals surface area contributed by atoms with E-state index in [2.05, 4.69) is 4.99 Å². The van der Waals surface area contributed by atoms with E-state index in [9.17, 15) is 18.0 Å². The molecular weight excluding hydrogens is 366 g/mol. The largest absolute Gasteiger partial charge is 0.462 e. The van der Waals surface area contributed by atoms with Gasteiger partial charge in [-0.15, -0.1) is 0 Å². The molecule has 1 aliphatic rings. The Balaban J connectivity index is 2.38. The highest BCUT2D eigenvalue weighted by molar-refractivity contribution is 7.88. The summed E-state index contributed by atoms with van der Waals surface area (Å²) in [5.74, 6) is -0.956. The van der Waals surface area contributed by atoms with Crippen LogP contribution in [-0.4, -0.2) is 54.6 Å². The summed E-state index contributed by atoms with van der Waals surface area (Å²) in [4.78, 5) is 29.4. The van der Waals surface area contributed by atoms with Crippen molar-refractivity contribution in [2.75, 3.05) is 19.4 Å². The highest BCUT2D eigenvalue weighted by Crippen LogP contribution is 2.21. The highest BCUT2D eigenvalue weighted by atomic mass is 32.2. The van der Waals surface area contributed by atoms with Gasteiger partial charge in [0.1, 0.15) is 10.9 Å². The number of esters is 1. The molecule has 0 bridgehead atoms. The van der Waals surface area contributed by atoms with Crippen LogP contribution in [-0.2, 0) is 26.6 Å².